The zero-order chi connectivity index (χ0) is 22.7. The van der Waals surface area contributed by atoms with Crippen LogP contribution in [0.3, 0.4) is 0 Å². The topological polar surface area (TPSA) is 75.3 Å². The fraction of sp³-hybridized carbons (Fsp3) is 0.208. The maximum atomic E-state index is 13.5. The molecule has 0 saturated heterocycles. The number of ether oxygens (including phenoxy) is 1. The minimum Gasteiger partial charge on any atom is -0.497 e. The molecular formula is C24H22FN3O4. The normalized spacial score (nSPS) is 15.4. The van der Waals surface area contributed by atoms with Crippen LogP contribution in [-0.4, -0.2) is 48.1 Å². The number of amides is 2. The molecule has 1 aliphatic rings. The molecule has 0 unspecified atom stereocenters. The number of benzene rings is 2. The van der Waals surface area contributed by atoms with Crippen LogP contribution in [0.4, 0.5) is 4.39 Å². The van der Waals surface area contributed by atoms with Crippen LogP contribution < -0.4 is 4.74 Å². The van der Waals surface area contributed by atoms with E-state index in [4.69, 9.17) is 9.15 Å². The summed E-state index contributed by atoms with van der Waals surface area (Å²) in [5, 5.41) is 5.91. The summed E-state index contributed by atoms with van der Waals surface area (Å²) in [7, 11) is 3.09. The largest absolute Gasteiger partial charge is 0.497 e. The van der Waals surface area contributed by atoms with Crippen LogP contribution >= 0.6 is 0 Å². The molecule has 1 atom stereocenters. The number of nitrogens with zero attached hydrogens (tertiary/aromatic N) is 3. The van der Waals surface area contributed by atoms with Gasteiger partial charge >= 0.3 is 0 Å². The Kier molecular flexibility index (Phi) is 6.02. The van der Waals surface area contributed by atoms with Crippen molar-refractivity contribution in [2.75, 3.05) is 20.7 Å². The van der Waals surface area contributed by atoms with Crippen molar-refractivity contribution >= 4 is 17.5 Å². The standard InChI is InChI=1S/C24H22FN3O4/c1-27(24(30)17-5-3-6-18(25)13-17)15-23(29)28-21(22-7-4-12-32-22)14-20(26-28)16-8-10-19(31-2)11-9-16/h3-13,21H,14-15H2,1-2H3/t21-/m0/s1. The first-order valence-electron chi connectivity index (χ1n) is 10.0. The van der Waals surface area contributed by atoms with E-state index in [1.165, 1.54) is 35.2 Å². The number of hydrazone groups is 1. The summed E-state index contributed by atoms with van der Waals surface area (Å²) in [6, 6.07) is 15.9. The molecule has 0 saturated carbocycles. The van der Waals surface area contributed by atoms with Gasteiger partial charge in [0.05, 0.1) is 19.1 Å². The Morgan fingerprint density at radius 3 is 2.62 bits per heavy atom. The predicted octanol–water partition coefficient (Wildman–Crippen LogP) is 3.88. The van der Waals surface area contributed by atoms with Crippen LogP contribution in [0.1, 0.15) is 34.1 Å². The second kappa shape index (κ2) is 9.05. The molecule has 0 spiro atoms. The number of likely N-dealkylation sites (N-methyl/N-ethyl adjacent to an activating group) is 1. The third kappa shape index (κ3) is 4.39. The SMILES string of the molecule is COc1ccc(C2=NN(C(=O)CN(C)C(=O)c3cccc(F)c3)[C@H](c3ccco3)C2)cc1. The molecule has 2 amide bonds. The minimum atomic E-state index is -0.512. The smallest absolute Gasteiger partial charge is 0.262 e. The van der Waals surface area contributed by atoms with Gasteiger partial charge in [0.2, 0.25) is 0 Å². The van der Waals surface area contributed by atoms with E-state index in [-0.39, 0.29) is 18.0 Å². The lowest BCUT2D eigenvalue weighted by Crippen LogP contribution is -2.39. The van der Waals surface area contributed by atoms with Gasteiger partial charge in [0.25, 0.3) is 11.8 Å². The summed E-state index contributed by atoms with van der Waals surface area (Å²) in [6.07, 6.45) is 2.01. The van der Waals surface area contributed by atoms with Gasteiger partial charge in [-0.05, 0) is 60.2 Å². The third-order valence-corrected chi connectivity index (χ3v) is 5.25. The van der Waals surface area contributed by atoms with Gasteiger partial charge in [-0.3, -0.25) is 9.59 Å². The van der Waals surface area contributed by atoms with E-state index in [1.54, 1.807) is 25.5 Å². The second-order valence-corrected chi connectivity index (χ2v) is 7.42. The highest BCUT2D eigenvalue weighted by atomic mass is 19.1. The Bertz CT molecular complexity index is 1140. The van der Waals surface area contributed by atoms with Crippen LogP contribution in [0.2, 0.25) is 0 Å². The summed E-state index contributed by atoms with van der Waals surface area (Å²) >= 11 is 0. The highest BCUT2D eigenvalue weighted by Gasteiger charge is 2.35. The molecule has 8 heteroatoms. The lowest BCUT2D eigenvalue weighted by molar-refractivity contribution is -0.133. The highest BCUT2D eigenvalue weighted by Crippen LogP contribution is 2.33. The predicted molar refractivity (Wildman–Crippen MR) is 116 cm³/mol. The van der Waals surface area contributed by atoms with Crippen LogP contribution in [0.25, 0.3) is 0 Å². The molecule has 164 valence electrons. The van der Waals surface area contributed by atoms with Gasteiger partial charge in [-0.25, -0.2) is 9.40 Å². The number of furan rings is 1. The van der Waals surface area contributed by atoms with Crippen molar-refractivity contribution in [3.05, 3.63) is 89.6 Å². The van der Waals surface area contributed by atoms with Gasteiger partial charge in [-0.1, -0.05) is 6.07 Å². The summed E-state index contributed by atoms with van der Waals surface area (Å²) in [5.41, 5.74) is 1.76. The van der Waals surface area contributed by atoms with Crippen molar-refractivity contribution in [2.24, 2.45) is 5.10 Å². The fourth-order valence-corrected chi connectivity index (χ4v) is 3.59. The van der Waals surface area contributed by atoms with Crippen molar-refractivity contribution in [1.82, 2.24) is 9.91 Å². The molecule has 7 nitrogen and oxygen atoms in total. The highest BCUT2D eigenvalue weighted by molar-refractivity contribution is 6.03. The molecule has 2 heterocycles. The third-order valence-electron chi connectivity index (χ3n) is 5.25. The van der Waals surface area contributed by atoms with E-state index in [1.807, 2.05) is 24.3 Å². The van der Waals surface area contributed by atoms with Gasteiger partial charge in [0.1, 0.15) is 29.9 Å². The monoisotopic (exact) mass is 435 g/mol. The molecule has 1 aromatic heterocycles. The van der Waals surface area contributed by atoms with Crippen LogP contribution in [0.15, 0.2) is 76.4 Å². The number of rotatable bonds is 6. The molecule has 0 bridgehead atoms. The molecule has 1 aliphatic heterocycles. The van der Waals surface area contributed by atoms with Crippen molar-refractivity contribution in [3.8, 4) is 5.75 Å². The summed E-state index contributed by atoms with van der Waals surface area (Å²) in [5.74, 6) is -0.0140. The number of hydrogen-bond acceptors (Lipinski definition) is 5. The van der Waals surface area contributed by atoms with E-state index in [0.29, 0.717) is 12.2 Å². The van der Waals surface area contributed by atoms with E-state index in [2.05, 4.69) is 5.10 Å². The Morgan fingerprint density at radius 2 is 1.97 bits per heavy atom. The molecule has 0 radical (unpaired) electrons. The lowest BCUT2D eigenvalue weighted by Gasteiger charge is -2.23. The number of halogens is 1. The summed E-state index contributed by atoms with van der Waals surface area (Å²) < 4.78 is 24.2. The molecule has 2 aromatic carbocycles. The number of carbonyl (C=O) groups is 2. The first-order chi connectivity index (χ1) is 15.5. The Balaban J connectivity index is 1.55. The number of carbonyl (C=O) groups excluding carboxylic acids is 2. The van der Waals surface area contributed by atoms with Gasteiger partial charge in [-0.2, -0.15) is 5.10 Å². The van der Waals surface area contributed by atoms with Crippen LogP contribution in [-0.2, 0) is 4.79 Å². The van der Waals surface area contributed by atoms with Crippen molar-refractivity contribution < 1.29 is 23.1 Å². The van der Waals surface area contributed by atoms with Crippen LogP contribution in [0, 0.1) is 5.82 Å². The zero-order valence-electron chi connectivity index (χ0n) is 17.7. The fourth-order valence-electron chi connectivity index (χ4n) is 3.59. The van der Waals surface area contributed by atoms with Crippen molar-refractivity contribution in [2.45, 2.75) is 12.5 Å². The first-order valence-corrected chi connectivity index (χ1v) is 10.0. The molecule has 0 fully saturated rings. The first kappa shape index (κ1) is 21.3. The zero-order valence-corrected chi connectivity index (χ0v) is 17.7. The number of methoxy groups -OCH3 is 1. The molecule has 32 heavy (non-hydrogen) atoms. The lowest BCUT2D eigenvalue weighted by atomic mass is 10.0. The van der Waals surface area contributed by atoms with Gasteiger partial charge in [-0.15, -0.1) is 0 Å². The maximum Gasteiger partial charge on any atom is 0.262 e. The van der Waals surface area contributed by atoms with E-state index < -0.39 is 17.8 Å². The van der Waals surface area contributed by atoms with Gasteiger partial charge < -0.3 is 14.1 Å². The number of hydrogen-bond donors (Lipinski definition) is 0. The maximum absolute atomic E-state index is 13.5. The molecule has 4 rings (SSSR count). The molecule has 3 aromatic rings. The Hall–Kier alpha value is -3.94. The molecule has 0 N–H and O–H groups in total. The summed E-state index contributed by atoms with van der Waals surface area (Å²) in [4.78, 5) is 27.0. The quantitative estimate of drug-likeness (QED) is 0.589. The van der Waals surface area contributed by atoms with Crippen molar-refractivity contribution in [1.29, 1.82) is 0 Å². The second-order valence-electron chi connectivity index (χ2n) is 7.42. The van der Waals surface area contributed by atoms with Gasteiger partial charge in [0, 0.05) is 19.0 Å². The average Bonchev–Trinajstić information content (AvgIpc) is 3.48. The molecular weight excluding hydrogens is 413 g/mol. The van der Waals surface area contributed by atoms with E-state index >= 15 is 0 Å². The minimum absolute atomic E-state index is 0.173. The van der Waals surface area contributed by atoms with Crippen LogP contribution in [0.5, 0.6) is 5.75 Å². The Morgan fingerprint density at radius 1 is 1.19 bits per heavy atom. The Labute approximate surface area is 184 Å². The van der Waals surface area contributed by atoms with E-state index in [9.17, 15) is 14.0 Å². The van der Waals surface area contributed by atoms with Crippen molar-refractivity contribution in [3.63, 3.8) is 0 Å². The van der Waals surface area contributed by atoms with Gasteiger partial charge in [0.15, 0.2) is 0 Å². The van der Waals surface area contributed by atoms with E-state index in [0.717, 1.165) is 23.1 Å². The average molecular weight is 435 g/mol. The summed E-state index contributed by atoms with van der Waals surface area (Å²) in [6.45, 7) is -0.216. The molecule has 0 aliphatic carbocycles.